The summed E-state index contributed by atoms with van der Waals surface area (Å²) >= 11 is 0. The number of carboxylic acid groups (broad SMARTS) is 1. The smallest absolute Gasteiger partial charge is 0.439 e. The lowest BCUT2D eigenvalue weighted by atomic mass is 9.98. The lowest BCUT2D eigenvalue weighted by molar-refractivity contribution is -0.151. The van der Waals surface area contributed by atoms with Crippen LogP contribution in [0.3, 0.4) is 0 Å². The molecular formula is C23H25N3O5. The standard InChI is InChI=1S/C23H25N3O5/c1-3-7-19(22(28)29)26(20(27)4-2)14-15-10-12-16(13-11-15)17-8-5-6-9-18(17)21-24-23(30)31-25-21/h5-6,8-13,19H,3-4,7,14H2,1-2H3,(H,28,29)(H,24,25,30). The fraction of sp³-hybridized carbons (Fsp3) is 0.304. The molecule has 0 saturated carbocycles. The van der Waals surface area contributed by atoms with Crippen molar-refractivity contribution in [2.45, 2.75) is 45.7 Å². The Balaban J connectivity index is 1.89. The van der Waals surface area contributed by atoms with Crippen LogP contribution in [0.1, 0.15) is 38.7 Å². The molecule has 1 unspecified atom stereocenters. The van der Waals surface area contributed by atoms with Crippen molar-refractivity contribution in [1.82, 2.24) is 15.0 Å². The van der Waals surface area contributed by atoms with Crippen molar-refractivity contribution in [3.63, 3.8) is 0 Å². The van der Waals surface area contributed by atoms with Gasteiger partial charge in [-0.3, -0.25) is 14.3 Å². The third kappa shape index (κ3) is 5.09. The largest absolute Gasteiger partial charge is 0.480 e. The van der Waals surface area contributed by atoms with Gasteiger partial charge < -0.3 is 10.0 Å². The summed E-state index contributed by atoms with van der Waals surface area (Å²) in [6.07, 6.45) is 1.32. The highest BCUT2D eigenvalue weighted by molar-refractivity contribution is 5.83. The van der Waals surface area contributed by atoms with Crippen molar-refractivity contribution in [1.29, 1.82) is 0 Å². The minimum absolute atomic E-state index is 0.190. The molecule has 2 aromatic carbocycles. The SMILES string of the molecule is CCCC(C(=O)O)N(Cc1ccc(-c2ccccc2-c2noc(=O)[nH]2)cc1)C(=O)CC. The summed E-state index contributed by atoms with van der Waals surface area (Å²) < 4.78 is 4.62. The average Bonchev–Trinajstić information content (AvgIpc) is 3.22. The highest BCUT2D eigenvalue weighted by Gasteiger charge is 2.28. The van der Waals surface area contributed by atoms with Gasteiger partial charge in [0.1, 0.15) is 6.04 Å². The van der Waals surface area contributed by atoms with E-state index in [2.05, 4.69) is 14.7 Å². The first-order chi connectivity index (χ1) is 14.9. The van der Waals surface area contributed by atoms with Crippen molar-refractivity contribution in [2.75, 3.05) is 0 Å². The summed E-state index contributed by atoms with van der Waals surface area (Å²) in [6.45, 7) is 3.86. The molecule has 0 aliphatic rings. The van der Waals surface area contributed by atoms with Gasteiger partial charge in [0, 0.05) is 18.5 Å². The number of hydrogen-bond acceptors (Lipinski definition) is 5. The Morgan fingerprint density at radius 3 is 2.32 bits per heavy atom. The predicted octanol–water partition coefficient (Wildman–Crippen LogP) is 3.69. The van der Waals surface area contributed by atoms with Crippen LogP contribution in [-0.4, -0.2) is 38.1 Å². The van der Waals surface area contributed by atoms with Gasteiger partial charge in [-0.2, -0.15) is 0 Å². The van der Waals surface area contributed by atoms with E-state index in [9.17, 15) is 19.5 Å². The molecule has 3 rings (SSSR count). The number of nitrogens with one attached hydrogen (secondary N) is 1. The molecule has 1 atom stereocenters. The number of benzene rings is 2. The van der Waals surface area contributed by atoms with Crippen LogP contribution in [0.4, 0.5) is 0 Å². The van der Waals surface area contributed by atoms with E-state index >= 15 is 0 Å². The monoisotopic (exact) mass is 423 g/mol. The van der Waals surface area contributed by atoms with Crippen molar-refractivity contribution < 1.29 is 19.2 Å². The predicted molar refractivity (Wildman–Crippen MR) is 115 cm³/mol. The number of hydrogen-bond donors (Lipinski definition) is 2. The first-order valence-electron chi connectivity index (χ1n) is 10.2. The summed E-state index contributed by atoms with van der Waals surface area (Å²) in [5.41, 5.74) is 3.30. The summed E-state index contributed by atoms with van der Waals surface area (Å²) in [5, 5.41) is 13.4. The zero-order valence-corrected chi connectivity index (χ0v) is 17.5. The van der Waals surface area contributed by atoms with Crippen LogP contribution in [0.25, 0.3) is 22.5 Å². The molecular weight excluding hydrogens is 398 g/mol. The third-order valence-corrected chi connectivity index (χ3v) is 5.09. The van der Waals surface area contributed by atoms with E-state index in [1.807, 2.05) is 55.5 Å². The summed E-state index contributed by atoms with van der Waals surface area (Å²) in [4.78, 5) is 39.5. The number of carboxylic acids is 1. The van der Waals surface area contributed by atoms with Crippen LogP contribution >= 0.6 is 0 Å². The molecule has 31 heavy (non-hydrogen) atoms. The molecule has 0 aliphatic heterocycles. The molecule has 0 radical (unpaired) electrons. The van der Waals surface area contributed by atoms with Crippen molar-refractivity contribution in [2.24, 2.45) is 0 Å². The zero-order chi connectivity index (χ0) is 22.4. The van der Waals surface area contributed by atoms with E-state index in [4.69, 9.17) is 0 Å². The van der Waals surface area contributed by atoms with Crippen LogP contribution in [0.5, 0.6) is 0 Å². The molecule has 1 amide bonds. The second kappa shape index (κ2) is 9.88. The summed E-state index contributed by atoms with van der Waals surface area (Å²) in [5.74, 6) is -1.46. The summed E-state index contributed by atoms with van der Waals surface area (Å²) in [7, 11) is 0. The maximum absolute atomic E-state index is 12.4. The van der Waals surface area contributed by atoms with E-state index in [1.165, 1.54) is 4.90 Å². The van der Waals surface area contributed by atoms with Gasteiger partial charge in [-0.1, -0.05) is 74.0 Å². The van der Waals surface area contributed by atoms with Gasteiger partial charge in [-0.25, -0.2) is 9.59 Å². The number of rotatable bonds is 9. The zero-order valence-electron chi connectivity index (χ0n) is 17.5. The highest BCUT2D eigenvalue weighted by Crippen LogP contribution is 2.30. The highest BCUT2D eigenvalue weighted by atomic mass is 16.5. The molecule has 0 fully saturated rings. The second-order valence-corrected chi connectivity index (χ2v) is 7.20. The number of carbonyl (C=O) groups is 2. The lowest BCUT2D eigenvalue weighted by Gasteiger charge is -2.29. The van der Waals surface area contributed by atoms with Crippen molar-refractivity contribution in [3.05, 3.63) is 64.6 Å². The Hall–Kier alpha value is -3.68. The van der Waals surface area contributed by atoms with Gasteiger partial charge in [0.25, 0.3) is 0 Å². The van der Waals surface area contributed by atoms with Crippen LogP contribution < -0.4 is 5.76 Å². The molecule has 0 saturated heterocycles. The number of aromatic amines is 1. The molecule has 0 aliphatic carbocycles. The number of nitrogens with zero attached hydrogens (tertiary/aromatic N) is 2. The first-order valence-corrected chi connectivity index (χ1v) is 10.2. The Morgan fingerprint density at radius 1 is 1.10 bits per heavy atom. The average molecular weight is 423 g/mol. The minimum Gasteiger partial charge on any atom is -0.480 e. The van der Waals surface area contributed by atoms with Gasteiger partial charge in [0.2, 0.25) is 5.91 Å². The van der Waals surface area contributed by atoms with E-state index in [0.717, 1.165) is 22.3 Å². The molecule has 3 aromatic rings. The number of aliphatic carboxylic acids is 1. The van der Waals surface area contributed by atoms with Crippen molar-refractivity contribution >= 4 is 11.9 Å². The maximum Gasteiger partial charge on any atom is 0.439 e. The first kappa shape index (κ1) is 22.0. The number of H-pyrrole nitrogens is 1. The minimum atomic E-state index is -0.990. The Labute approximate surface area is 179 Å². The number of aromatic nitrogens is 2. The van der Waals surface area contributed by atoms with E-state index in [0.29, 0.717) is 18.7 Å². The van der Waals surface area contributed by atoms with E-state index in [-0.39, 0.29) is 18.9 Å². The molecule has 1 aromatic heterocycles. The molecule has 162 valence electrons. The Morgan fingerprint density at radius 2 is 1.77 bits per heavy atom. The van der Waals surface area contributed by atoms with Gasteiger partial charge in [0.05, 0.1) is 0 Å². The molecule has 0 bridgehead atoms. The molecule has 2 N–H and O–H groups in total. The topological polar surface area (TPSA) is 116 Å². The number of carbonyl (C=O) groups excluding carboxylic acids is 1. The fourth-order valence-electron chi connectivity index (χ4n) is 3.54. The fourth-order valence-corrected chi connectivity index (χ4v) is 3.54. The van der Waals surface area contributed by atoms with Crippen LogP contribution in [-0.2, 0) is 16.1 Å². The maximum atomic E-state index is 12.4. The van der Waals surface area contributed by atoms with Crippen LogP contribution in [0, 0.1) is 0 Å². The molecule has 8 heteroatoms. The number of amides is 1. The Bertz CT molecular complexity index is 1100. The van der Waals surface area contributed by atoms with Crippen molar-refractivity contribution in [3.8, 4) is 22.5 Å². The third-order valence-electron chi connectivity index (χ3n) is 5.09. The van der Waals surface area contributed by atoms with Crippen LogP contribution in [0.2, 0.25) is 0 Å². The molecule has 1 heterocycles. The summed E-state index contributed by atoms with van der Waals surface area (Å²) in [6, 6.07) is 14.2. The van der Waals surface area contributed by atoms with E-state index in [1.54, 1.807) is 6.92 Å². The molecule has 8 nitrogen and oxygen atoms in total. The lowest BCUT2D eigenvalue weighted by Crippen LogP contribution is -2.44. The van der Waals surface area contributed by atoms with Gasteiger partial charge in [-0.15, -0.1) is 0 Å². The Kier molecular flexibility index (Phi) is 7.02. The van der Waals surface area contributed by atoms with Gasteiger partial charge in [-0.05, 0) is 23.1 Å². The van der Waals surface area contributed by atoms with Gasteiger partial charge >= 0.3 is 11.7 Å². The quantitative estimate of drug-likeness (QED) is 0.542. The van der Waals surface area contributed by atoms with Gasteiger partial charge in [0.15, 0.2) is 5.82 Å². The molecule has 0 spiro atoms. The van der Waals surface area contributed by atoms with E-state index < -0.39 is 17.8 Å². The second-order valence-electron chi connectivity index (χ2n) is 7.20. The normalized spacial score (nSPS) is 11.8. The van der Waals surface area contributed by atoms with Crippen LogP contribution in [0.15, 0.2) is 57.8 Å².